The monoisotopic (exact) mass is 371 g/mol. The molecule has 28 heavy (non-hydrogen) atoms. The van der Waals surface area contributed by atoms with Crippen LogP contribution in [0.5, 0.6) is 0 Å². The Kier molecular flexibility index (Phi) is 6.97. The van der Waals surface area contributed by atoms with Crippen molar-refractivity contribution in [2.24, 2.45) is 0 Å². The number of hydrogen-bond donors (Lipinski definition) is 1. The van der Waals surface area contributed by atoms with E-state index in [-0.39, 0.29) is 0 Å². The van der Waals surface area contributed by atoms with Gasteiger partial charge in [0.05, 0.1) is 6.07 Å². The van der Waals surface area contributed by atoms with Crippen LogP contribution >= 0.6 is 0 Å². The summed E-state index contributed by atoms with van der Waals surface area (Å²) in [5.41, 5.74) is 2.51. The fourth-order valence-electron chi connectivity index (χ4n) is 3.50. The summed E-state index contributed by atoms with van der Waals surface area (Å²) < 4.78 is 6.64. The highest BCUT2D eigenvalue weighted by molar-refractivity contribution is 5.47. The molecule has 0 radical (unpaired) electrons. The van der Waals surface area contributed by atoms with Gasteiger partial charge < -0.3 is 9.84 Å². The largest absolute Gasteiger partial charge is 0.378 e. The molecular weight excluding hydrogens is 346 g/mol. The van der Waals surface area contributed by atoms with Crippen LogP contribution < -0.4 is 0 Å². The summed E-state index contributed by atoms with van der Waals surface area (Å²) in [5, 5.41) is 18.2. The normalized spacial score (nSPS) is 12.3. The molecule has 0 amide bonds. The molecular formula is C25H25NO2. The fraction of sp³-hybridized carbons (Fsp3) is 0.240. The van der Waals surface area contributed by atoms with E-state index in [1.807, 2.05) is 60.7 Å². The average Bonchev–Trinajstić information content (AvgIpc) is 2.78. The number of rotatable bonds is 9. The lowest BCUT2D eigenvalue weighted by Crippen LogP contribution is -2.33. The van der Waals surface area contributed by atoms with E-state index < -0.39 is 11.7 Å². The molecule has 0 saturated heterocycles. The van der Waals surface area contributed by atoms with E-state index in [0.29, 0.717) is 13.0 Å². The van der Waals surface area contributed by atoms with Gasteiger partial charge in [-0.3, -0.25) is 0 Å². The van der Waals surface area contributed by atoms with Crippen molar-refractivity contribution in [2.75, 3.05) is 6.61 Å². The Hall–Kier alpha value is -2.93. The molecule has 0 fully saturated rings. The molecule has 0 aromatic heterocycles. The number of benzene rings is 3. The van der Waals surface area contributed by atoms with Gasteiger partial charge in [0.2, 0.25) is 0 Å². The summed E-state index contributed by atoms with van der Waals surface area (Å²) >= 11 is 0. The van der Waals surface area contributed by atoms with E-state index in [1.165, 1.54) is 0 Å². The van der Waals surface area contributed by atoms with Gasteiger partial charge in [-0.2, -0.15) is 5.26 Å². The molecule has 0 aliphatic rings. The van der Waals surface area contributed by atoms with Crippen molar-refractivity contribution in [2.45, 2.75) is 31.0 Å². The molecule has 3 heteroatoms. The summed E-state index contributed by atoms with van der Waals surface area (Å²) in [6, 6.07) is 32.6. The molecule has 0 unspecified atom stereocenters. The first kappa shape index (κ1) is 19.8. The first-order chi connectivity index (χ1) is 13.8. The second-order valence-electron chi connectivity index (χ2n) is 6.77. The summed E-state index contributed by atoms with van der Waals surface area (Å²) in [4.78, 5) is 0. The van der Waals surface area contributed by atoms with Crippen molar-refractivity contribution >= 4 is 0 Å². The van der Waals surface area contributed by atoms with Crippen LogP contribution in [0.1, 0.15) is 36.0 Å². The Morgan fingerprint density at radius 2 is 1.18 bits per heavy atom. The molecule has 0 saturated carbocycles. The Morgan fingerprint density at radius 1 is 0.750 bits per heavy atom. The van der Waals surface area contributed by atoms with Gasteiger partial charge in [-0.25, -0.2) is 0 Å². The maximum Gasteiger partial charge on any atom is 0.143 e. The lowest BCUT2D eigenvalue weighted by atomic mass is 9.80. The van der Waals surface area contributed by atoms with Crippen LogP contribution in [-0.4, -0.2) is 17.8 Å². The SMILES string of the molecule is N#C[C@@H](O)CCCCOC(c1ccccc1)(c1ccccc1)c1ccccc1. The summed E-state index contributed by atoms with van der Waals surface area (Å²) in [6.07, 6.45) is 1.08. The summed E-state index contributed by atoms with van der Waals surface area (Å²) in [6.45, 7) is 0.525. The highest BCUT2D eigenvalue weighted by Crippen LogP contribution is 2.40. The molecule has 3 aromatic rings. The Bertz CT molecular complexity index is 776. The minimum Gasteiger partial charge on any atom is -0.378 e. The first-order valence-corrected chi connectivity index (χ1v) is 9.65. The lowest BCUT2D eigenvalue weighted by Gasteiger charge is -2.36. The minimum absolute atomic E-state index is 0.467. The van der Waals surface area contributed by atoms with Crippen molar-refractivity contribution < 1.29 is 9.84 Å². The molecule has 3 nitrogen and oxygen atoms in total. The minimum atomic E-state index is -0.901. The van der Waals surface area contributed by atoms with Crippen molar-refractivity contribution in [3.05, 3.63) is 108 Å². The van der Waals surface area contributed by atoms with Crippen LogP contribution in [0.3, 0.4) is 0 Å². The molecule has 3 rings (SSSR count). The van der Waals surface area contributed by atoms with Gasteiger partial charge in [0, 0.05) is 6.61 Å². The van der Waals surface area contributed by atoms with Crippen molar-refractivity contribution in [1.82, 2.24) is 0 Å². The predicted octanol–water partition coefficient (Wildman–Crippen LogP) is 5.05. The molecule has 0 aliphatic heterocycles. The van der Waals surface area contributed by atoms with E-state index in [0.717, 1.165) is 29.5 Å². The van der Waals surface area contributed by atoms with Gasteiger partial charge in [0.1, 0.15) is 11.7 Å². The maximum absolute atomic E-state index is 9.45. The Labute approximate surface area is 166 Å². The molecule has 3 aromatic carbocycles. The second-order valence-corrected chi connectivity index (χ2v) is 6.77. The highest BCUT2D eigenvalue weighted by atomic mass is 16.5. The van der Waals surface area contributed by atoms with Crippen LogP contribution in [0.15, 0.2) is 91.0 Å². The quantitative estimate of drug-likeness (QED) is 0.325. The molecule has 1 atom stereocenters. The number of aliphatic hydroxyl groups is 1. The number of unbranched alkanes of at least 4 members (excludes halogenated alkanes) is 1. The third-order valence-corrected chi connectivity index (χ3v) is 4.88. The van der Waals surface area contributed by atoms with E-state index >= 15 is 0 Å². The zero-order chi connectivity index (χ0) is 19.7. The van der Waals surface area contributed by atoms with Crippen molar-refractivity contribution in [3.63, 3.8) is 0 Å². The molecule has 0 bridgehead atoms. The highest BCUT2D eigenvalue weighted by Gasteiger charge is 2.37. The van der Waals surface area contributed by atoms with Crippen LogP contribution in [-0.2, 0) is 10.3 Å². The van der Waals surface area contributed by atoms with Crippen LogP contribution in [0.25, 0.3) is 0 Å². The van der Waals surface area contributed by atoms with E-state index in [2.05, 4.69) is 36.4 Å². The van der Waals surface area contributed by atoms with Crippen molar-refractivity contribution in [3.8, 4) is 6.07 Å². The molecule has 0 heterocycles. The van der Waals surface area contributed by atoms with Gasteiger partial charge in [-0.05, 0) is 36.0 Å². The zero-order valence-corrected chi connectivity index (χ0v) is 15.9. The number of nitriles is 1. The van der Waals surface area contributed by atoms with E-state index in [9.17, 15) is 5.11 Å². The number of aliphatic hydroxyl groups excluding tert-OH is 1. The van der Waals surface area contributed by atoms with Gasteiger partial charge >= 0.3 is 0 Å². The number of hydrogen-bond acceptors (Lipinski definition) is 3. The van der Waals surface area contributed by atoms with Gasteiger partial charge in [0.15, 0.2) is 0 Å². The maximum atomic E-state index is 9.45. The first-order valence-electron chi connectivity index (χ1n) is 9.65. The van der Waals surface area contributed by atoms with Crippen LogP contribution in [0, 0.1) is 11.3 Å². The standard InChI is InChI=1S/C25H25NO2/c26-20-24(27)18-10-11-19-28-25(21-12-4-1-5-13-21,22-14-6-2-7-15-22)23-16-8-3-9-17-23/h1-9,12-17,24,27H,10-11,18-19H2/t24-/m0/s1. The lowest BCUT2D eigenvalue weighted by molar-refractivity contribution is 0.00993. The Balaban J connectivity index is 1.96. The molecule has 142 valence electrons. The number of nitrogens with zero attached hydrogens (tertiary/aromatic N) is 1. The van der Waals surface area contributed by atoms with Crippen LogP contribution in [0.2, 0.25) is 0 Å². The van der Waals surface area contributed by atoms with E-state index in [4.69, 9.17) is 10.00 Å². The Morgan fingerprint density at radius 3 is 1.57 bits per heavy atom. The predicted molar refractivity (Wildman–Crippen MR) is 111 cm³/mol. The number of ether oxygens (including phenoxy) is 1. The van der Waals surface area contributed by atoms with Gasteiger partial charge in [-0.15, -0.1) is 0 Å². The fourth-order valence-corrected chi connectivity index (χ4v) is 3.50. The summed E-state index contributed by atoms with van der Waals surface area (Å²) in [5.74, 6) is 0. The van der Waals surface area contributed by atoms with Crippen molar-refractivity contribution in [1.29, 1.82) is 5.26 Å². The smallest absolute Gasteiger partial charge is 0.143 e. The van der Waals surface area contributed by atoms with Crippen LogP contribution in [0.4, 0.5) is 0 Å². The topological polar surface area (TPSA) is 53.2 Å². The third kappa shape index (κ3) is 4.48. The third-order valence-electron chi connectivity index (χ3n) is 4.88. The molecule has 0 aliphatic carbocycles. The second kappa shape index (κ2) is 9.85. The van der Waals surface area contributed by atoms with Gasteiger partial charge in [0.25, 0.3) is 0 Å². The molecule has 0 spiro atoms. The van der Waals surface area contributed by atoms with Gasteiger partial charge in [-0.1, -0.05) is 91.0 Å². The van der Waals surface area contributed by atoms with E-state index in [1.54, 1.807) is 0 Å². The molecule has 1 N–H and O–H groups in total. The summed E-state index contributed by atoms with van der Waals surface area (Å²) in [7, 11) is 0. The zero-order valence-electron chi connectivity index (χ0n) is 15.9. The average molecular weight is 371 g/mol.